The van der Waals surface area contributed by atoms with Crippen LogP contribution in [0.15, 0.2) is 36.7 Å². The lowest BCUT2D eigenvalue weighted by molar-refractivity contribution is -0.123. The molecule has 3 aliphatic rings. The van der Waals surface area contributed by atoms with Crippen LogP contribution < -0.4 is 10.6 Å². The van der Waals surface area contributed by atoms with E-state index in [0.29, 0.717) is 35.1 Å². The van der Waals surface area contributed by atoms with Crippen molar-refractivity contribution in [3.63, 3.8) is 0 Å². The third kappa shape index (κ3) is 4.81. The largest absolute Gasteiger partial charge is 0.369 e. The molecule has 3 saturated carbocycles. The second kappa shape index (κ2) is 10.2. The zero-order chi connectivity index (χ0) is 28.1. The number of nitrogens with one attached hydrogen (secondary N) is 2. The predicted molar refractivity (Wildman–Crippen MR) is 154 cm³/mol. The summed E-state index contributed by atoms with van der Waals surface area (Å²) in [5.41, 5.74) is 4.31. The van der Waals surface area contributed by atoms with Gasteiger partial charge < -0.3 is 10.6 Å². The molecule has 3 fully saturated rings. The zero-order valence-electron chi connectivity index (χ0n) is 22.6. The van der Waals surface area contributed by atoms with Crippen molar-refractivity contribution >= 4 is 28.4 Å². The highest BCUT2D eigenvalue weighted by Gasteiger charge is 2.45. The molecule has 0 aromatic carbocycles. The van der Waals surface area contributed by atoms with E-state index in [1.807, 2.05) is 25.1 Å². The zero-order valence-corrected chi connectivity index (χ0v) is 23.4. The van der Waals surface area contributed by atoms with Crippen molar-refractivity contribution < 1.29 is 4.79 Å². The lowest BCUT2D eigenvalue weighted by Gasteiger charge is -2.35. The van der Waals surface area contributed by atoms with Crippen molar-refractivity contribution in [3.05, 3.63) is 47.2 Å². The van der Waals surface area contributed by atoms with E-state index in [1.54, 1.807) is 28.1 Å². The quantitative estimate of drug-likeness (QED) is 0.323. The van der Waals surface area contributed by atoms with Gasteiger partial charge in [0.25, 0.3) is 0 Å². The van der Waals surface area contributed by atoms with Crippen LogP contribution in [0.25, 0.3) is 27.5 Å². The highest BCUT2D eigenvalue weighted by molar-refractivity contribution is 7.14. The van der Waals surface area contributed by atoms with Gasteiger partial charge in [-0.25, -0.2) is 4.52 Å². The summed E-state index contributed by atoms with van der Waals surface area (Å²) in [7, 11) is 0. The molecule has 7 rings (SSSR count). The molecule has 4 aromatic heterocycles. The SMILES string of the molecule is C[C@H](C#N)Nc1cc(-c2ccc3cc(C#N)cnn23)ncc1-c1nnc(C2C[C@H]3CC[C@@H](C2)C3NC(=O)C2CC2)s1. The van der Waals surface area contributed by atoms with Gasteiger partial charge in [-0.1, -0.05) is 11.3 Å². The molecule has 41 heavy (non-hydrogen) atoms. The monoisotopic (exact) mass is 563 g/mol. The van der Waals surface area contributed by atoms with Gasteiger partial charge in [0.1, 0.15) is 17.1 Å². The number of carbonyl (C=O) groups excluding carboxylic acids is 1. The van der Waals surface area contributed by atoms with Crippen LogP contribution in [-0.4, -0.2) is 42.8 Å². The van der Waals surface area contributed by atoms with Crippen LogP contribution in [0, 0.1) is 40.4 Å². The molecule has 3 aliphatic carbocycles. The minimum Gasteiger partial charge on any atom is -0.369 e. The molecule has 0 radical (unpaired) electrons. The standard InChI is InChI=1S/C30H29N9OS/c1-16(12-31)35-24-11-25(26-7-6-22-8-17(13-32)14-34-39(22)26)33-15-23(24)30-38-37-29(41-30)21-9-19-4-5-20(10-21)27(19)36-28(40)18-2-3-18/h6-8,11,14-16,18-21,27H,2-5,9-10H2,1H3,(H,33,35)(H,36,40)/t16-,19-,20+,21?,27?/m1/s1. The Bertz CT molecular complexity index is 1710. The van der Waals surface area contributed by atoms with Crippen molar-refractivity contribution in [2.45, 2.75) is 63.5 Å². The van der Waals surface area contributed by atoms with Crippen LogP contribution in [-0.2, 0) is 4.79 Å². The minimum atomic E-state index is -0.423. The molecular weight excluding hydrogens is 534 g/mol. The summed E-state index contributed by atoms with van der Waals surface area (Å²) < 4.78 is 1.75. The van der Waals surface area contributed by atoms with Gasteiger partial charge in [0.2, 0.25) is 5.91 Å². The maximum atomic E-state index is 12.4. The van der Waals surface area contributed by atoms with E-state index in [-0.39, 0.29) is 11.8 Å². The number of pyridine rings is 1. The number of aromatic nitrogens is 5. The molecule has 0 spiro atoms. The van der Waals surface area contributed by atoms with Gasteiger partial charge in [-0.2, -0.15) is 15.6 Å². The Hall–Kier alpha value is -4.35. The van der Waals surface area contributed by atoms with E-state index in [0.717, 1.165) is 71.0 Å². The molecule has 4 heterocycles. The van der Waals surface area contributed by atoms with Crippen LogP contribution in [0.4, 0.5) is 5.69 Å². The molecular formula is C30H29N9OS. The number of hydrogen-bond donors (Lipinski definition) is 2. The molecule has 4 aromatic rings. The maximum Gasteiger partial charge on any atom is 0.223 e. The van der Waals surface area contributed by atoms with E-state index >= 15 is 0 Å². The number of nitriles is 2. The lowest BCUT2D eigenvalue weighted by atomic mass is 9.77. The molecule has 2 bridgehead atoms. The van der Waals surface area contributed by atoms with Gasteiger partial charge in [0.15, 0.2) is 5.01 Å². The Balaban J connectivity index is 1.15. The molecule has 5 atom stereocenters. The van der Waals surface area contributed by atoms with Crippen molar-refractivity contribution in [1.29, 1.82) is 10.5 Å². The summed E-state index contributed by atoms with van der Waals surface area (Å²) >= 11 is 1.59. The summed E-state index contributed by atoms with van der Waals surface area (Å²) in [5, 5.41) is 40.8. The summed E-state index contributed by atoms with van der Waals surface area (Å²) in [5.74, 6) is 1.83. The van der Waals surface area contributed by atoms with Gasteiger partial charge >= 0.3 is 0 Å². The first-order valence-corrected chi connectivity index (χ1v) is 15.0. The highest BCUT2D eigenvalue weighted by atomic mass is 32.1. The first-order chi connectivity index (χ1) is 20.0. The molecule has 1 amide bonds. The van der Waals surface area contributed by atoms with Crippen LogP contribution >= 0.6 is 11.3 Å². The fourth-order valence-corrected chi connectivity index (χ4v) is 7.50. The van der Waals surface area contributed by atoms with E-state index in [1.165, 1.54) is 6.20 Å². The van der Waals surface area contributed by atoms with Gasteiger partial charge in [0.05, 0.1) is 40.3 Å². The Morgan fingerprint density at radius 3 is 2.63 bits per heavy atom. The summed E-state index contributed by atoms with van der Waals surface area (Å²) in [6.45, 7) is 1.81. The Morgan fingerprint density at radius 1 is 1.10 bits per heavy atom. The predicted octanol–water partition coefficient (Wildman–Crippen LogP) is 4.91. The number of rotatable bonds is 7. The second-order valence-electron chi connectivity index (χ2n) is 11.5. The van der Waals surface area contributed by atoms with Crippen molar-refractivity contribution in [2.75, 3.05) is 5.32 Å². The Kier molecular flexibility index (Phi) is 6.40. The van der Waals surface area contributed by atoms with Crippen LogP contribution in [0.5, 0.6) is 0 Å². The average molecular weight is 564 g/mol. The van der Waals surface area contributed by atoms with E-state index < -0.39 is 6.04 Å². The first-order valence-electron chi connectivity index (χ1n) is 14.2. The van der Waals surface area contributed by atoms with Gasteiger partial charge in [-0.05, 0) is 81.5 Å². The smallest absolute Gasteiger partial charge is 0.223 e. The Labute approximate surface area is 241 Å². The molecule has 0 saturated heterocycles. The number of anilines is 1. The minimum absolute atomic E-state index is 0.244. The van der Waals surface area contributed by atoms with E-state index in [9.17, 15) is 15.3 Å². The molecule has 206 valence electrons. The number of carbonyl (C=O) groups is 1. The van der Waals surface area contributed by atoms with E-state index in [4.69, 9.17) is 4.98 Å². The topological polar surface area (TPSA) is 145 Å². The third-order valence-corrected chi connectivity index (χ3v) is 9.86. The van der Waals surface area contributed by atoms with Crippen LogP contribution in [0.2, 0.25) is 0 Å². The van der Waals surface area contributed by atoms with Gasteiger partial charge in [-0.3, -0.25) is 9.78 Å². The normalized spacial score (nSPS) is 24.0. The summed E-state index contributed by atoms with van der Waals surface area (Å²) in [6.07, 6.45) is 9.75. The molecule has 11 heteroatoms. The first kappa shape index (κ1) is 25.6. The van der Waals surface area contributed by atoms with Crippen molar-refractivity contribution in [1.82, 2.24) is 30.1 Å². The Morgan fingerprint density at radius 2 is 1.90 bits per heavy atom. The van der Waals surface area contributed by atoms with E-state index in [2.05, 4.69) is 38.1 Å². The van der Waals surface area contributed by atoms with Gasteiger partial charge in [-0.15, -0.1) is 10.2 Å². The number of nitrogens with zero attached hydrogens (tertiary/aromatic N) is 7. The van der Waals surface area contributed by atoms with Crippen LogP contribution in [0.1, 0.15) is 61.9 Å². The second-order valence-corrected chi connectivity index (χ2v) is 12.6. The van der Waals surface area contributed by atoms with Crippen molar-refractivity contribution in [2.24, 2.45) is 17.8 Å². The van der Waals surface area contributed by atoms with Crippen molar-refractivity contribution in [3.8, 4) is 34.1 Å². The molecule has 2 N–H and O–H groups in total. The summed E-state index contributed by atoms with van der Waals surface area (Å²) in [4.78, 5) is 17.2. The van der Waals surface area contributed by atoms with Crippen LogP contribution in [0.3, 0.4) is 0 Å². The number of hydrogen-bond acceptors (Lipinski definition) is 9. The third-order valence-electron chi connectivity index (χ3n) is 8.74. The maximum absolute atomic E-state index is 12.4. The average Bonchev–Trinajstić information content (AvgIpc) is 3.51. The number of fused-ring (bicyclic) bond motifs is 3. The molecule has 10 nitrogen and oxygen atoms in total. The van der Waals surface area contributed by atoms with Gasteiger partial charge in [0, 0.05) is 29.8 Å². The molecule has 0 aliphatic heterocycles. The fraction of sp³-hybridized carbons (Fsp3) is 0.433. The highest BCUT2D eigenvalue weighted by Crippen LogP contribution is 2.50. The number of amides is 1. The molecule has 2 unspecified atom stereocenters. The fourth-order valence-electron chi connectivity index (χ4n) is 6.51. The summed E-state index contributed by atoms with van der Waals surface area (Å²) in [6, 6.07) is 11.8. The lowest BCUT2D eigenvalue weighted by Crippen LogP contribution is -2.45.